The Morgan fingerprint density at radius 2 is 1.26 bits per heavy atom. The Hall–Kier alpha value is -3.85. The molecule has 2 aromatic carbocycles. The van der Waals surface area contributed by atoms with Crippen LogP contribution >= 0.6 is 0 Å². The van der Waals surface area contributed by atoms with Gasteiger partial charge in [-0.25, -0.2) is 16.8 Å². The number of hydrogen-bond donors (Lipinski definition) is 2. The zero-order valence-electron chi connectivity index (χ0n) is 26.1. The molecule has 15 heteroatoms. The van der Waals surface area contributed by atoms with Crippen LogP contribution in [0.3, 0.4) is 0 Å². The molecule has 0 unspecified atom stereocenters. The lowest BCUT2D eigenvalue weighted by molar-refractivity contribution is -0.139. The third-order valence-corrected chi connectivity index (χ3v) is 9.46. The van der Waals surface area contributed by atoms with Crippen LogP contribution in [0, 0.1) is 6.92 Å². The zero-order valence-corrected chi connectivity index (χ0v) is 27.8. The SMILES string of the molecule is CCCCc1ccc(S(=O)(=O)Nc2cc(C)on2)c(C(F)(F)F)c1.CCCCc1ccc(S(=O)(=O)Nc2cc(CCC)on2)cc1. The van der Waals surface area contributed by atoms with Crippen LogP contribution in [-0.2, 0) is 45.5 Å². The summed E-state index contributed by atoms with van der Waals surface area (Å²) >= 11 is 0. The third-order valence-electron chi connectivity index (χ3n) is 6.67. The summed E-state index contributed by atoms with van der Waals surface area (Å²) in [6, 6.07) is 13.1. The molecule has 0 fully saturated rings. The maximum atomic E-state index is 13.3. The van der Waals surface area contributed by atoms with Crippen LogP contribution in [-0.4, -0.2) is 27.1 Å². The molecule has 0 aliphatic heterocycles. The molecule has 10 nitrogen and oxygen atoms in total. The highest BCUT2D eigenvalue weighted by Gasteiger charge is 2.37. The van der Waals surface area contributed by atoms with Gasteiger partial charge in [-0.15, -0.1) is 0 Å². The monoisotopic (exact) mass is 684 g/mol. The lowest BCUT2D eigenvalue weighted by Crippen LogP contribution is -2.19. The number of aryl methyl sites for hydroxylation is 4. The number of sulfonamides is 2. The zero-order chi connectivity index (χ0) is 34.0. The first-order valence-electron chi connectivity index (χ1n) is 14.9. The van der Waals surface area contributed by atoms with Crippen LogP contribution in [0.5, 0.6) is 0 Å². The first kappa shape index (κ1) is 36.6. The van der Waals surface area contributed by atoms with Gasteiger partial charge >= 0.3 is 6.18 Å². The maximum absolute atomic E-state index is 13.3. The number of hydrogen-bond acceptors (Lipinski definition) is 8. The smallest absolute Gasteiger partial charge is 0.360 e. The number of unbranched alkanes of at least 4 members (excludes halogenated alkanes) is 2. The van der Waals surface area contributed by atoms with Gasteiger partial charge in [-0.1, -0.05) is 62.1 Å². The van der Waals surface area contributed by atoms with Gasteiger partial charge in [-0.05, 0) is 74.4 Å². The molecular weight excluding hydrogens is 645 g/mol. The fraction of sp³-hybridized carbons (Fsp3) is 0.419. The molecule has 2 N–H and O–H groups in total. The van der Waals surface area contributed by atoms with Gasteiger partial charge in [0.25, 0.3) is 20.0 Å². The van der Waals surface area contributed by atoms with Gasteiger partial charge in [-0.2, -0.15) is 13.2 Å². The van der Waals surface area contributed by atoms with Gasteiger partial charge in [0.15, 0.2) is 11.6 Å². The van der Waals surface area contributed by atoms with E-state index in [9.17, 15) is 30.0 Å². The van der Waals surface area contributed by atoms with E-state index < -0.39 is 36.7 Å². The van der Waals surface area contributed by atoms with Crippen molar-refractivity contribution in [3.05, 3.63) is 82.8 Å². The molecule has 2 heterocycles. The van der Waals surface area contributed by atoms with Crippen molar-refractivity contribution in [2.24, 2.45) is 0 Å². The standard InChI is InChI=1S/C16H22N2O3S.C15H17F3N2O3S/c1-3-5-7-13-8-10-15(11-9-13)22(19,20)18-16-12-14(6-4-2)21-17-16;1-3-4-5-11-6-7-13(12(9-11)15(16,17)18)24(21,22)20-14-8-10(2)23-19-14/h8-12H,3-7H2,1-2H3,(H,17,18);6-9H,3-5H2,1-2H3,(H,19,20). The quantitative estimate of drug-likeness (QED) is 0.136. The van der Waals surface area contributed by atoms with Gasteiger partial charge in [0.05, 0.1) is 15.4 Å². The summed E-state index contributed by atoms with van der Waals surface area (Å²) in [5.41, 5.74) is 0.400. The summed E-state index contributed by atoms with van der Waals surface area (Å²) in [5.74, 6) is 1.06. The van der Waals surface area contributed by atoms with Crippen molar-refractivity contribution in [2.45, 2.75) is 95.0 Å². The van der Waals surface area contributed by atoms with Crippen LogP contribution < -0.4 is 9.44 Å². The van der Waals surface area contributed by atoms with E-state index >= 15 is 0 Å². The fourth-order valence-electron chi connectivity index (χ4n) is 4.31. The van der Waals surface area contributed by atoms with E-state index in [2.05, 4.69) is 22.0 Å². The number of anilines is 2. The van der Waals surface area contributed by atoms with Crippen molar-refractivity contribution in [2.75, 3.05) is 9.44 Å². The van der Waals surface area contributed by atoms with E-state index in [1.807, 2.05) is 30.7 Å². The van der Waals surface area contributed by atoms with E-state index in [0.717, 1.165) is 62.6 Å². The number of halogens is 3. The highest BCUT2D eigenvalue weighted by atomic mass is 32.2. The van der Waals surface area contributed by atoms with Crippen LogP contribution in [0.25, 0.3) is 0 Å². The van der Waals surface area contributed by atoms with E-state index in [4.69, 9.17) is 9.05 Å². The molecule has 46 heavy (non-hydrogen) atoms. The molecule has 4 aromatic rings. The van der Waals surface area contributed by atoms with Crippen molar-refractivity contribution in [3.8, 4) is 0 Å². The minimum atomic E-state index is -4.79. The van der Waals surface area contributed by atoms with Crippen molar-refractivity contribution >= 4 is 31.7 Å². The number of alkyl halides is 3. The highest BCUT2D eigenvalue weighted by molar-refractivity contribution is 7.93. The molecule has 0 spiro atoms. The lowest BCUT2D eigenvalue weighted by atomic mass is 10.1. The van der Waals surface area contributed by atoms with Crippen LogP contribution in [0.15, 0.2) is 73.4 Å². The Labute approximate surface area is 267 Å². The largest absolute Gasteiger partial charge is 0.417 e. The molecule has 2 aromatic heterocycles. The van der Waals surface area contributed by atoms with E-state index in [0.29, 0.717) is 23.5 Å². The Morgan fingerprint density at radius 1 is 0.696 bits per heavy atom. The summed E-state index contributed by atoms with van der Waals surface area (Å²) in [6.45, 7) is 7.61. The van der Waals surface area contributed by atoms with Crippen LogP contribution in [0.1, 0.15) is 81.1 Å². The number of nitrogens with zero attached hydrogens (tertiary/aromatic N) is 2. The van der Waals surface area contributed by atoms with Crippen LogP contribution in [0.2, 0.25) is 0 Å². The average molecular weight is 685 g/mol. The van der Waals surface area contributed by atoms with Gasteiger partial charge < -0.3 is 9.05 Å². The van der Waals surface area contributed by atoms with Gasteiger partial charge in [0.2, 0.25) is 0 Å². The molecule has 252 valence electrons. The van der Waals surface area contributed by atoms with Crippen LogP contribution in [0.4, 0.5) is 24.8 Å². The third kappa shape index (κ3) is 10.6. The number of benzene rings is 2. The Kier molecular flexibility index (Phi) is 12.8. The number of rotatable bonds is 14. The molecule has 0 amide bonds. The van der Waals surface area contributed by atoms with Gasteiger partial charge in [-0.3, -0.25) is 9.44 Å². The number of nitrogens with one attached hydrogen (secondary N) is 2. The Bertz CT molecular complexity index is 1770. The van der Waals surface area contributed by atoms with E-state index in [-0.39, 0.29) is 16.5 Å². The number of aromatic nitrogens is 2. The molecule has 0 saturated carbocycles. The average Bonchev–Trinajstić information content (AvgIpc) is 3.62. The highest BCUT2D eigenvalue weighted by Crippen LogP contribution is 2.36. The summed E-state index contributed by atoms with van der Waals surface area (Å²) < 4.78 is 103. The van der Waals surface area contributed by atoms with E-state index in [1.165, 1.54) is 19.1 Å². The second kappa shape index (κ2) is 16.1. The summed E-state index contributed by atoms with van der Waals surface area (Å²) in [7, 11) is -8.07. The minimum Gasteiger partial charge on any atom is -0.360 e. The predicted molar refractivity (Wildman–Crippen MR) is 168 cm³/mol. The van der Waals surface area contributed by atoms with Crippen molar-refractivity contribution in [3.63, 3.8) is 0 Å². The molecule has 0 radical (unpaired) electrons. The van der Waals surface area contributed by atoms with Crippen molar-refractivity contribution in [1.29, 1.82) is 0 Å². The lowest BCUT2D eigenvalue weighted by Gasteiger charge is -2.15. The topological polar surface area (TPSA) is 144 Å². The minimum absolute atomic E-state index is 0.171. The van der Waals surface area contributed by atoms with Gasteiger partial charge in [0, 0.05) is 18.6 Å². The Morgan fingerprint density at radius 3 is 1.83 bits per heavy atom. The predicted octanol–water partition coefficient (Wildman–Crippen LogP) is 7.92. The van der Waals surface area contributed by atoms with E-state index in [1.54, 1.807) is 18.2 Å². The molecule has 0 atom stereocenters. The molecule has 0 aliphatic rings. The molecule has 4 rings (SSSR count). The molecule has 0 aliphatic carbocycles. The first-order chi connectivity index (χ1) is 21.7. The molecular formula is C31H39F3N4O6S2. The van der Waals surface area contributed by atoms with Crippen molar-refractivity contribution in [1.82, 2.24) is 10.3 Å². The van der Waals surface area contributed by atoms with Crippen molar-refractivity contribution < 1.29 is 39.1 Å². The fourth-order valence-corrected chi connectivity index (χ4v) is 6.49. The summed E-state index contributed by atoms with van der Waals surface area (Å²) in [6.07, 6.45) is 2.06. The summed E-state index contributed by atoms with van der Waals surface area (Å²) in [4.78, 5) is -0.608. The Balaban J connectivity index is 0.000000251. The normalized spacial score (nSPS) is 12.0. The van der Waals surface area contributed by atoms with Gasteiger partial charge in [0.1, 0.15) is 11.5 Å². The molecule has 0 saturated heterocycles. The maximum Gasteiger partial charge on any atom is 0.417 e. The summed E-state index contributed by atoms with van der Waals surface area (Å²) in [5, 5.41) is 7.17. The first-order valence-corrected chi connectivity index (χ1v) is 17.9. The second-order valence-corrected chi connectivity index (χ2v) is 14.0. The molecule has 0 bridgehead atoms. The second-order valence-electron chi connectivity index (χ2n) is 10.6.